The maximum absolute atomic E-state index is 12.3. The number of nitrogens with zero attached hydrogens (tertiary/aromatic N) is 1. The Kier molecular flexibility index (Phi) is 6.50. The molecular weight excluding hydrogens is 295 g/mol. The number of piperidine rings is 1. The maximum atomic E-state index is 12.3. The van der Waals surface area contributed by atoms with E-state index in [1.165, 1.54) is 4.90 Å². The monoisotopic (exact) mass is 321 g/mol. The van der Waals surface area contributed by atoms with E-state index in [9.17, 15) is 18.0 Å². The summed E-state index contributed by atoms with van der Waals surface area (Å²) >= 11 is 0. The molecule has 4 nitrogen and oxygen atoms in total. The maximum Gasteiger partial charge on any atom is 0.401 e. The molecule has 2 fully saturated rings. The number of hydrogen-bond donors (Lipinski definition) is 2. The summed E-state index contributed by atoms with van der Waals surface area (Å²) in [4.78, 5) is 13.3. The molecule has 1 unspecified atom stereocenters. The van der Waals surface area contributed by atoms with E-state index in [1.54, 1.807) is 0 Å². The van der Waals surface area contributed by atoms with Crippen LogP contribution in [0.25, 0.3) is 0 Å². The summed E-state index contributed by atoms with van der Waals surface area (Å²) in [6.45, 7) is 2.61. The predicted octanol–water partition coefficient (Wildman–Crippen LogP) is 1.77. The van der Waals surface area contributed by atoms with Crippen molar-refractivity contribution in [3.8, 4) is 0 Å². The first-order valence-electron chi connectivity index (χ1n) is 8.19. The first-order valence-corrected chi connectivity index (χ1v) is 8.19. The molecule has 2 aliphatic rings. The molecule has 0 spiro atoms. The first kappa shape index (κ1) is 17.5. The van der Waals surface area contributed by atoms with Crippen molar-refractivity contribution in [3.63, 3.8) is 0 Å². The number of hydrogen-bond acceptors (Lipinski definition) is 3. The van der Waals surface area contributed by atoms with Crippen LogP contribution in [0.4, 0.5) is 13.2 Å². The molecule has 2 heterocycles. The number of amides is 1. The van der Waals surface area contributed by atoms with E-state index in [-0.39, 0.29) is 11.8 Å². The Labute approximate surface area is 129 Å². The largest absolute Gasteiger partial charge is 0.401 e. The number of halogens is 3. The molecule has 0 aromatic heterocycles. The third-order valence-electron chi connectivity index (χ3n) is 4.60. The zero-order valence-corrected chi connectivity index (χ0v) is 12.9. The van der Waals surface area contributed by atoms with Gasteiger partial charge in [0.2, 0.25) is 5.91 Å². The van der Waals surface area contributed by atoms with Crippen LogP contribution in [0.1, 0.15) is 32.1 Å². The van der Waals surface area contributed by atoms with Crippen molar-refractivity contribution >= 4 is 5.91 Å². The van der Waals surface area contributed by atoms with Crippen LogP contribution in [0.5, 0.6) is 0 Å². The molecule has 0 radical (unpaired) electrons. The lowest BCUT2D eigenvalue weighted by molar-refractivity contribution is -0.143. The van der Waals surface area contributed by atoms with Gasteiger partial charge in [-0.3, -0.25) is 9.69 Å². The fraction of sp³-hybridized carbons (Fsp3) is 0.933. The number of likely N-dealkylation sites (tertiary alicyclic amines) is 1. The SMILES string of the molecule is O=C(CCC1CCNCC1)NCC1CCN(CC(F)(F)F)C1. The fourth-order valence-electron chi connectivity index (χ4n) is 3.33. The van der Waals surface area contributed by atoms with E-state index in [2.05, 4.69) is 10.6 Å². The van der Waals surface area contributed by atoms with Gasteiger partial charge >= 0.3 is 6.18 Å². The van der Waals surface area contributed by atoms with Crippen molar-refractivity contribution in [2.45, 2.75) is 38.3 Å². The molecule has 2 saturated heterocycles. The molecule has 128 valence electrons. The zero-order valence-electron chi connectivity index (χ0n) is 12.9. The molecule has 0 saturated carbocycles. The fourth-order valence-corrected chi connectivity index (χ4v) is 3.33. The lowest BCUT2D eigenvalue weighted by atomic mass is 9.93. The minimum atomic E-state index is -4.13. The van der Waals surface area contributed by atoms with Crippen LogP contribution in [-0.4, -0.2) is 56.3 Å². The molecule has 22 heavy (non-hydrogen) atoms. The molecule has 2 aliphatic heterocycles. The topological polar surface area (TPSA) is 44.4 Å². The van der Waals surface area contributed by atoms with Gasteiger partial charge in [0.1, 0.15) is 0 Å². The van der Waals surface area contributed by atoms with Crippen LogP contribution in [-0.2, 0) is 4.79 Å². The summed E-state index contributed by atoms with van der Waals surface area (Å²) < 4.78 is 36.9. The predicted molar refractivity (Wildman–Crippen MR) is 78.4 cm³/mol. The van der Waals surface area contributed by atoms with Gasteiger partial charge in [0.25, 0.3) is 0 Å². The van der Waals surface area contributed by atoms with Gasteiger partial charge in [0, 0.05) is 19.5 Å². The van der Waals surface area contributed by atoms with Gasteiger partial charge in [-0.05, 0) is 57.2 Å². The second-order valence-corrected chi connectivity index (χ2v) is 6.54. The van der Waals surface area contributed by atoms with Gasteiger partial charge in [0.05, 0.1) is 6.54 Å². The van der Waals surface area contributed by atoms with Crippen molar-refractivity contribution in [3.05, 3.63) is 0 Å². The zero-order chi connectivity index (χ0) is 16.0. The van der Waals surface area contributed by atoms with Crippen LogP contribution in [0.3, 0.4) is 0 Å². The lowest BCUT2D eigenvalue weighted by Crippen LogP contribution is -2.35. The Morgan fingerprint density at radius 3 is 2.59 bits per heavy atom. The molecule has 0 aromatic rings. The number of rotatable bonds is 6. The highest BCUT2D eigenvalue weighted by Gasteiger charge is 2.34. The van der Waals surface area contributed by atoms with Gasteiger partial charge in [-0.1, -0.05) is 0 Å². The standard InChI is InChI=1S/C15H26F3N3O/c16-15(17,18)11-21-8-5-13(10-21)9-20-14(22)2-1-12-3-6-19-7-4-12/h12-13,19H,1-11H2,(H,20,22). The second-order valence-electron chi connectivity index (χ2n) is 6.54. The van der Waals surface area contributed by atoms with Gasteiger partial charge < -0.3 is 10.6 Å². The summed E-state index contributed by atoms with van der Waals surface area (Å²) in [6, 6.07) is 0. The highest BCUT2D eigenvalue weighted by molar-refractivity contribution is 5.75. The minimum Gasteiger partial charge on any atom is -0.356 e. The normalized spacial score (nSPS) is 24.6. The summed E-state index contributed by atoms with van der Waals surface area (Å²) in [6.07, 6.45) is 0.296. The number of carbonyl (C=O) groups excluding carboxylic acids is 1. The highest BCUT2D eigenvalue weighted by atomic mass is 19.4. The van der Waals surface area contributed by atoms with Crippen molar-refractivity contribution < 1.29 is 18.0 Å². The Bertz CT molecular complexity index is 356. The summed E-state index contributed by atoms with van der Waals surface area (Å²) in [5, 5.41) is 6.18. The minimum absolute atomic E-state index is 0.0350. The summed E-state index contributed by atoms with van der Waals surface area (Å²) in [7, 11) is 0. The van der Waals surface area contributed by atoms with Crippen LogP contribution in [0.2, 0.25) is 0 Å². The van der Waals surface area contributed by atoms with Crippen LogP contribution in [0, 0.1) is 11.8 Å². The molecule has 1 amide bonds. The Balaban J connectivity index is 1.57. The van der Waals surface area contributed by atoms with Crippen molar-refractivity contribution in [1.82, 2.24) is 15.5 Å². The lowest BCUT2D eigenvalue weighted by Gasteiger charge is -2.22. The summed E-state index contributed by atoms with van der Waals surface area (Å²) in [5.74, 6) is 0.804. The van der Waals surface area contributed by atoms with Crippen LogP contribution < -0.4 is 10.6 Å². The van der Waals surface area contributed by atoms with Gasteiger partial charge in [-0.2, -0.15) is 13.2 Å². The quantitative estimate of drug-likeness (QED) is 0.784. The number of alkyl halides is 3. The molecule has 0 aliphatic carbocycles. The Morgan fingerprint density at radius 1 is 1.18 bits per heavy atom. The molecule has 0 aromatic carbocycles. The number of nitrogens with one attached hydrogen (secondary N) is 2. The van der Waals surface area contributed by atoms with Crippen LogP contribution >= 0.6 is 0 Å². The second kappa shape index (κ2) is 8.15. The van der Waals surface area contributed by atoms with E-state index >= 15 is 0 Å². The molecule has 0 bridgehead atoms. The van der Waals surface area contributed by atoms with Crippen molar-refractivity contribution in [2.24, 2.45) is 11.8 Å². The van der Waals surface area contributed by atoms with Crippen molar-refractivity contribution in [1.29, 1.82) is 0 Å². The average molecular weight is 321 g/mol. The molecular formula is C15H26F3N3O. The Hall–Kier alpha value is -0.820. The smallest absolute Gasteiger partial charge is 0.356 e. The van der Waals surface area contributed by atoms with E-state index in [1.807, 2.05) is 0 Å². The number of carbonyl (C=O) groups is 1. The third-order valence-corrected chi connectivity index (χ3v) is 4.60. The van der Waals surface area contributed by atoms with Gasteiger partial charge in [0.15, 0.2) is 0 Å². The molecule has 2 N–H and O–H groups in total. The average Bonchev–Trinajstić information content (AvgIpc) is 2.89. The van der Waals surface area contributed by atoms with Crippen LogP contribution in [0.15, 0.2) is 0 Å². The third kappa shape index (κ3) is 6.52. The van der Waals surface area contributed by atoms with E-state index in [0.717, 1.165) is 38.8 Å². The van der Waals surface area contributed by atoms with Crippen molar-refractivity contribution in [2.75, 3.05) is 39.3 Å². The van der Waals surface area contributed by atoms with E-state index in [4.69, 9.17) is 0 Å². The van der Waals surface area contributed by atoms with E-state index < -0.39 is 12.7 Å². The van der Waals surface area contributed by atoms with Gasteiger partial charge in [-0.15, -0.1) is 0 Å². The Morgan fingerprint density at radius 2 is 1.91 bits per heavy atom. The van der Waals surface area contributed by atoms with E-state index in [0.29, 0.717) is 32.0 Å². The molecule has 7 heteroatoms. The van der Waals surface area contributed by atoms with Gasteiger partial charge in [-0.25, -0.2) is 0 Å². The molecule has 1 atom stereocenters. The first-order chi connectivity index (χ1) is 10.4. The summed E-state index contributed by atoms with van der Waals surface area (Å²) in [5.41, 5.74) is 0. The highest BCUT2D eigenvalue weighted by Crippen LogP contribution is 2.22. The molecule has 2 rings (SSSR count).